The van der Waals surface area contributed by atoms with Gasteiger partial charge < -0.3 is 18.9 Å². The maximum Gasteiger partial charge on any atom is 0.312 e. The van der Waals surface area contributed by atoms with Gasteiger partial charge in [-0.1, -0.05) is 13.8 Å². The highest BCUT2D eigenvalue weighted by atomic mass is 16.7. The molecule has 5 atom stereocenters. The van der Waals surface area contributed by atoms with Gasteiger partial charge in [-0.3, -0.25) is 14.4 Å². The lowest BCUT2D eigenvalue weighted by Gasteiger charge is -2.22. The normalized spacial score (nSPS) is 36.0. The maximum absolute atomic E-state index is 11.8. The molecule has 3 rings (SSSR count). The Hall–Kier alpha value is -1.63. The molecule has 21 heavy (non-hydrogen) atoms. The topological polar surface area (TPSA) is 88.1 Å². The molecular weight excluding hydrogens is 280 g/mol. The fraction of sp³-hybridized carbons (Fsp3) is 0.786. The first-order valence-electron chi connectivity index (χ1n) is 7.19. The van der Waals surface area contributed by atoms with Crippen LogP contribution >= 0.6 is 0 Å². The van der Waals surface area contributed by atoms with Gasteiger partial charge in [-0.25, -0.2) is 0 Å². The summed E-state index contributed by atoms with van der Waals surface area (Å²) >= 11 is 0. The number of carbonyl (C=O) groups excluding carboxylic acids is 3. The highest BCUT2D eigenvalue weighted by Gasteiger charge is 2.65. The van der Waals surface area contributed by atoms with Crippen molar-refractivity contribution in [2.24, 2.45) is 11.8 Å². The average molecular weight is 298 g/mol. The molecule has 0 aromatic carbocycles. The second-order valence-corrected chi connectivity index (χ2v) is 5.91. The molecule has 5 unspecified atom stereocenters. The molecule has 7 heteroatoms. The number of carbonyl (C=O) groups is 3. The predicted octanol–water partition coefficient (Wildman–Crippen LogP) is 0.200. The summed E-state index contributed by atoms with van der Waals surface area (Å²) < 4.78 is 21.1. The van der Waals surface area contributed by atoms with Gasteiger partial charge in [0, 0.05) is 0 Å². The summed E-state index contributed by atoms with van der Waals surface area (Å²) in [5.41, 5.74) is 0. The standard InChI is InChI=1S/C14H18O7/c1-6(2)13(16)18-4-3-9(15)20-11-8-5-7-10(19-8)12(11)21-14(7)17/h6-8,10-12H,3-5H2,1-2H3. The van der Waals surface area contributed by atoms with E-state index in [2.05, 4.69) is 0 Å². The van der Waals surface area contributed by atoms with Crippen molar-refractivity contribution in [2.45, 2.75) is 51.1 Å². The molecule has 3 saturated heterocycles. The molecule has 0 aromatic rings. The lowest BCUT2D eigenvalue weighted by Crippen LogP contribution is -2.40. The van der Waals surface area contributed by atoms with Crippen molar-refractivity contribution in [1.82, 2.24) is 0 Å². The van der Waals surface area contributed by atoms with Gasteiger partial charge in [-0.15, -0.1) is 0 Å². The Bertz CT molecular complexity index is 472. The lowest BCUT2D eigenvalue weighted by molar-refractivity contribution is -0.162. The van der Waals surface area contributed by atoms with Crippen LogP contribution in [0.5, 0.6) is 0 Å². The lowest BCUT2D eigenvalue weighted by atomic mass is 9.88. The molecule has 0 aliphatic carbocycles. The Morgan fingerprint density at radius 3 is 2.81 bits per heavy atom. The van der Waals surface area contributed by atoms with Gasteiger partial charge in [0.2, 0.25) is 0 Å². The number of rotatable bonds is 5. The Labute approximate surface area is 121 Å². The molecule has 0 N–H and O–H groups in total. The summed E-state index contributed by atoms with van der Waals surface area (Å²) in [5.74, 6) is -1.53. The van der Waals surface area contributed by atoms with Crippen molar-refractivity contribution in [3.63, 3.8) is 0 Å². The van der Waals surface area contributed by atoms with Crippen LogP contribution in [0, 0.1) is 11.8 Å². The summed E-state index contributed by atoms with van der Waals surface area (Å²) in [6.07, 6.45) is -1.04. The van der Waals surface area contributed by atoms with Crippen molar-refractivity contribution < 1.29 is 33.3 Å². The molecule has 116 valence electrons. The molecule has 2 bridgehead atoms. The molecule has 3 aliphatic heterocycles. The van der Waals surface area contributed by atoms with Crippen molar-refractivity contribution in [2.75, 3.05) is 6.61 Å². The van der Waals surface area contributed by atoms with Crippen LogP contribution in [-0.2, 0) is 33.3 Å². The van der Waals surface area contributed by atoms with Gasteiger partial charge >= 0.3 is 17.9 Å². The second-order valence-electron chi connectivity index (χ2n) is 5.91. The minimum Gasteiger partial charge on any atom is -0.465 e. The molecule has 7 nitrogen and oxygen atoms in total. The van der Waals surface area contributed by atoms with E-state index < -0.39 is 18.2 Å². The van der Waals surface area contributed by atoms with Crippen LogP contribution in [0.15, 0.2) is 0 Å². The monoisotopic (exact) mass is 298 g/mol. The number of fused-ring (bicyclic) bond motifs is 1. The largest absolute Gasteiger partial charge is 0.465 e. The molecule has 0 saturated carbocycles. The van der Waals surface area contributed by atoms with Gasteiger partial charge in [-0.05, 0) is 6.42 Å². The summed E-state index contributed by atoms with van der Waals surface area (Å²) in [6.45, 7) is 3.43. The van der Waals surface area contributed by atoms with Crippen molar-refractivity contribution in [3.8, 4) is 0 Å². The molecular formula is C14H18O7. The molecule has 0 amide bonds. The van der Waals surface area contributed by atoms with E-state index in [1.807, 2.05) is 0 Å². The number of esters is 3. The molecule has 0 aromatic heterocycles. The van der Waals surface area contributed by atoms with Crippen LogP contribution in [-0.4, -0.2) is 48.9 Å². The fourth-order valence-corrected chi connectivity index (χ4v) is 2.99. The van der Waals surface area contributed by atoms with E-state index in [-0.39, 0.29) is 49.0 Å². The van der Waals surface area contributed by atoms with Crippen molar-refractivity contribution >= 4 is 17.9 Å². The van der Waals surface area contributed by atoms with Gasteiger partial charge in [0.15, 0.2) is 12.2 Å². The van der Waals surface area contributed by atoms with E-state index in [1.54, 1.807) is 13.8 Å². The average Bonchev–Trinajstić information content (AvgIpc) is 3.03. The second kappa shape index (κ2) is 5.29. The van der Waals surface area contributed by atoms with Crippen LogP contribution in [0.1, 0.15) is 26.7 Å². The number of hydrogen-bond acceptors (Lipinski definition) is 7. The highest BCUT2D eigenvalue weighted by Crippen LogP contribution is 2.47. The Morgan fingerprint density at radius 2 is 2.10 bits per heavy atom. The van der Waals surface area contributed by atoms with E-state index in [0.29, 0.717) is 6.42 Å². The zero-order chi connectivity index (χ0) is 15.1. The SMILES string of the molecule is CC(C)C(=O)OCCC(=O)OC1C2CC3C(=O)OC1C3O2. The van der Waals surface area contributed by atoms with Gasteiger partial charge in [-0.2, -0.15) is 0 Å². The molecule has 0 spiro atoms. The third-order valence-corrected chi connectivity index (χ3v) is 4.07. The zero-order valence-electron chi connectivity index (χ0n) is 11.9. The van der Waals surface area contributed by atoms with Crippen LogP contribution in [0.4, 0.5) is 0 Å². The van der Waals surface area contributed by atoms with E-state index in [9.17, 15) is 14.4 Å². The molecule has 3 heterocycles. The van der Waals surface area contributed by atoms with Gasteiger partial charge in [0.25, 0.3) is 0 Å². The predicted molar refractivity (Wildman–Crippen MR) is 66.9 cm³/mol. The summed E-state index contributed by atoms with van der Waals surface area (Å²) in [5, 5.41) is 0. The smallest absolute Gasteiger partial charge is 0.312 e. The third-order valence-electron chi connectivity index (χ3n) is 4.07. The first kappa shape index (κ1) is 14.3. The molecule has 0 radical (unpaired) electrons. The summed E-state index contributed by atoms with van der Waals surface area (Å²) in [4.78, 5) is 34.6. The summed E-state index contributed by atoms with van der Waals surface area (Å²) in [7, 11) is 0. The Morgan fingerprint density at radius 1 is 1.33 bits per heavy atom. The van der Waals surface area contributed by atoms with E-state index >= 15 is 0 Å². The zero-order valence-corrected chi connectivity index (χ0v) is 11.9. The van der Waals surface area contributed by atoms with E-state index in [1.165, 1.54) is 0 Å². The van der Waals surface area contributed by atoms with Crippen LogP contribution in [0.2, 0.25) is 0 Å². The van der Waals surface area contributed by atoms with Gasteiger partial charge in [0.1, 0.15) is 12.7 Å². The Balaban J connectivity index is 1.46. The highest BCUT2D eigenvalue weighted by molar-refractivity contribution is 5.78. The van der Waals surface area contributed by atoms with Crippen LogP contribution in [0.3, 0.4) is 0 Å². The minimum absolute atomic E-state index is 0.00933. The van der Waals surface area contributed by atoms with E-state index in [0.717, 1.165) is 0 Å². The number of hydrogen-bond donors (Lipinski definition) is 0. The fourth-order valence-electron chi connectivity index (χ4n) is 2.99. The van der Waals surface area contributed by atoms with E-state index in [4.69, 9.17) is 18.9 Å². The van der Waals surface area contributed by atoms with Crippen molar-refractivity contribution in [3.05, 3.63) is 0 Å². The first-order valence-corrected chi connectivity index (χ1v) is 7.19. The van der Waals surface area contributed by atoms with Gasteiger partial charge in [0.05, 0.1) is 24.4 Å². The Kier molecular flexibility index (Phi) is 3.61. The molecule has 3 fully saturated rings. The first-order chi connectivity index (χ1) is 9.97. The summed E-state index contributed by atoms with van der Waals surface area (Å²) in [6, 6.07) is 0. The maximum atomic E-state index is 11.8. The third kappa shape index (κ3) is 2.50. The number of ether oxygens (including phenoxy) is 4. The molecule has 3 aliphatic rings. The quantitative estimate of drug-likeness (QED) is 0.529. The van der Waals surface area contributed by atoms with Crippen LogP contribution in [0.25, 0.3) is 0 Å². The van der Waals surface area contributed by atoms with Crippen molar-refractivity contribution in [1.29, 1.82) is 0 Å². The van der Waals surface area contributed by atoms with Crippen LogP contribution < -0.4 is 0 Å². The minimum atomic E-state index is -0.536.